The molecule has 1 fully saturated rings. The highest BCUT2D eigenvalue weighted by Crippen LogP contribution is 2.35. The maximum Gasteiger partial charge on any atom is 0.0113 e. The number of benzene rings is 1. The zero-order valence-electron chi connectivity index (χ0n) is 8.20. The Morgan fingerprint density at radius 1 is 1.21 bits per heavy atom. The van der Waals surface area contributed by atoms with Gasteiger partial charge in [0.15, 0.2) is 0 Å². The zero-order chi connectivity index (χ0) is 8.67. The average Bonchev–Trinajstić information content (AvgIpc) is 2.18. The molecule has 1 aliphatic carbocycles. The second kappa shape index (κ2) is 3.92. The fourth-order valence-corrected chi connectivity index (χ4v) is 2.83. The minimum Gasteiger partial charge on any atom is -0.314 e. The van der Waals surface area contributed by atoms with Gasteiger partial charge in [-0.3, -0.25) is 0 Å². The van der Waals surface area contributed by atoms with Gasteiger partial charge in [-0.15, -0.1) is 12.4 Å². The topological polar surface area (TPSA) is 12.0 Å². The lowest BCUT2D eigenvalue weighted by Crippen LogP contribution is -2.41. The molecule has 0 amide bonds. The predicted octanol–water partition coefficient (Wildman–Crippen LogP) is 2.50. The second-order valence-corrected chi connectivity index (χ2v) is 4.28. The van der Waals surface area contributed by atoms with E-state index in [1.807, 2.05) is 0 Å². The molecule has 1 nitrogen and oxygen atoms in total. The fraction of sp³-hybridized carbons (Fsp3) is 0.500. The monoisotopic (exact) mass is 209 g/mol. The van der Waals surface area contributed by atoms with E-state index in [1.165, 1.54) is 25.8 Å². The van der Waals surface area contributed by atoms with Crippen LogP contribution < -0.4 is 5.32 Å². The summed E-state index contributed by atoms with van der Waals surface area (Å²) in [5.74, 6) is 0.844. The molecule has 1 aromatic rings. The Bertz CT molecular complexity index is 324. The maximum absolute atomic E-state index is 3.59. The molecule has 76 valence electrons. The van der Waals surface area contributed by atoms with E-state index < -0.39 is 0 Å². The van der Waals surface area contributed by atoms with E-state index in [4.69, 9.17) is 0 Å². The maximum atomic E-state index is 3.59. The predicted molar refractivity (Wildman–Crippen MR) is 61.2 cm³/mol. The normalized spacial score (nSPS) is 28.9. The van der Waals surface area contributed by atoms with Crippen molar-refractivity contribution in [1.82, 2.24) is 5.32 Å². The molecular weight excluding hydrogens is 194 g/mol. The fourth-order valence-electron chi connectivity index (χ4n) is 2.83. The van der Waals surface area contributed by atoms with Crippen molar-refractivity contribution in [3.63, 3.8) is 0 Å². The first-order valence-electron chi connectivity index (χ1n) is 5.24. The lowest BCUT2D eigenvalue weighted by Gasteiger charge is -2.36. The third kappa shape index (κ3) is 1.55. The lowest BCUT2D eigenvalue weighted by atomic mass is 9.76. The van der Waals surface area contributed by atoms with E-state index in [9.17, 15) is 0 Å². The molecule has 2 atom stereocenters. The molecule has 0 saturated carbocycles. The highest BCUT2D eigenvalue weighted by Gasteiger charge is 2.29. The van der Waals surface area contributed by atoms with Crippen molar-refractivity contribution in [2.24, 2.45) is 0 Å². The van der Waals surface area contributed by atoms with E-state index >= 15 is 0 Å². The van der Waals surface area contributed by atoms with E-state index in [2.05, 4.69) is 29.6 Å². The van der Waals surface area contributed by atoms with E-state index in [-0.39, 0.29) is 12.4 Å². The average molecular weight is 210 g/mol. The molecule has 14 heavy (non-hydrogen) atoms. The van der Waals surface area contributed by atoms with Gasteiger partial charge in [0.25, 0.3) is 0 Å². The number of nitrogens with one attached hydrogen (secondary N) is 1. The molecule has 0 radical (unpaired) electrons. The van der Waals surface area contributed by atoms with Crippen LogP contribution in [0.3, 0.4) is 0 Å². The van der Waals surface area contributed by atoms with Crippen molar-refractivity contribution in [2.45, 2.75) is 31.2 Å². The van der Waals surface area contributed by atoms with Crippen LogP contribution in [0.2, 0.25) is 0 Å². The van der Waals surface area contributed by atoms with Crippen molar-refractivity contribution >= 4 is 12.4 Å². The lowest BCUT2D eigenvalue weighted by molar-refractivity contribution is 0.339. The van der Waals surface area contributed by atoms with E-state index in [0.717, 1.165) is 12.0 Å². The van der Waals surface area contributed by atoms with Gasteiger partial charge in [-0.25, -0.2) is 0 Å². The first kappa shape index (κ1) is 10.0. The van der Waals surface area contributed by atoms with E-state index in [0.29, 0.717) is 0 Å². The second-order valence-electron chi connectivity index (χ2n) is 4.28. The molecule has 2 aliphatic rings. The van der Waals surface area contributed by atoms with Crippen LogP contribution in [0.1, 0.15) is 29.9 Å². The minimum absolute atomic E-state index is 0. The first-order chi connectivity index (χ1) is 6.43. The Balaban J connectivity index is 0.000000750. The summed E-state index contributed by atoms with van der Waals surface area (Å²) in [6.45, 7) is 1.21. The van der Waals surface area contributed by atoms with Crippen molar-refractivity contribution in [3.8, 4) is 0 Å². The largest absolute Gasteiger partial charge is 0.314 e. The van der Waals surface area contributed by atoms with Crippen LogP contribution in [0.4, 0.5) is 0 Å². The molecule has 1 aromatic carbocycles. The van der Waals surface area contributed by atoms with Gasteiger partial charge >= 0.3 is 0 Å². The Hall–Kier alpha value is -0.530. The van der Waals surface area contributed by atoms with Crippen LogP contribution in [0.15, 0.2) is 24.3 Å². The molecule has 2 bridgehead atoms. The molecule has 1 saturated heterocycles. The van der Waals surface area contributed by atoms with Gasteiger partial charge in [0.05, 0.1) is 0 Å². The SMILES string of the molecule is Cl.c1ccc2c(c1)CC1CC2CCN1. The van der Waals surface area contributed by atoms with Crippen LogP contribution in [0, 0.1) is 0 Å². The number of rotatable bonds is 0. The Morgan fingerprint density at radius 2 is 2.07 bits per heavy atom. The number of hydrogen-bond donors (Lipinski definition) is 1. The van der Waals surface area contributed by atoms with Crippen LogP contribution in [0.25, 0.3) is 0 Å². The Kier molecular flexibility index (Phi) is 2.80. The zero-order valence-corrected chi connectivity index (χ0v) is 9.02. The van der Waals surface area contributed by atoms with Crippen molar-refractivity contribution in [1.29, 1.82) is 0 Å². The number of hydrogen-bond acceptors (Lipinski definition) is 1. The summed E-state index contributed by atoms with van der Waals surface area (Å²) in [5.41, 5.74) is 3.20. The minimum atomic E-state index is 0. The number of halogens is 1. The molecule has 1 N–H and O–H groups in total. The summed E-state index contributed by atoms with van der Waals surface area (Å²) in [4.78, 5) is 0. The summed E-state index contributed by atoms with van der Waals surface area (Å²) in [5, 5.41) is 3.59. The molecule has 2 unspecified atom stereocenters. The van der Waals surface area contributed by atoms with Gasteiger partial charge in [-0.2, -0.15) is 0 Å². The van der Waals surface area contributed by atoms with Crippen LogP contribution in [-0.4, -0.2) is 12.6 Å². The summed E-state index contributed by atoms with van der Waals surface area (Å²) in [6, 6.07) is 9.72. The van der Waals surface area contributed by atoms with Crippen LogP contribution in [-0.2, 0) is 6.42 Å². The molecule has 3 rings (SSSR count). The summed E-state index contributed by atoms with van der Waals surface area (Å²) >= 11 is 0. The molecule has 1 heterocycles. The van der Waals surface area contributed by atoms with Crippen molar-refractivity contribution in [2.75, 3.05) is 6.54 Å². The summed E-state index contributed by atoms with van der Waals surface area (Å²) in [6.07, 6.45) is 3.93. The molecule has 0 spiro atoms. The first-order valence-corrected chi connectivity index (χ1v) is 5.24. The third-order valence-electron chi connectivity index (χ3n) is 3.46. The van der Waals surface area contributed by atoms with Crippen molar-refractivity contribution in [3.05, 3.63) is 35.4 Å². The summed E-state index contributed by atoms with van der Waals surface area (Å²) < 4.78 is 0. The van der Waals surface area contributed by atoms with Gasteiger partial charge in [-0.05, 0) is 42.9 Å². The van der Waals surface area contributed by atoms with Crippen LogP contribution >= 0.6 is 12.4 Å². The van der Waals surface area contributed by atoms with Crippen molar-refractivity contribution < 1.29 is 0 Å². The van der Waals surface area contributed by atoms with Crippen LogP contribution in [0.5, 0.6) is 0 Å². The Labute approximate surface area is 91.3 Å². The molecule has 0 aromatic heterocycles. The number of fused-ring (bicyclic) bond motifs is 4. The number of piperidine rings is 1. The highest BCUT2D eigenvalue weighted by atomic mass is 35.5. The van der Waals surface area contributed by atoms with Gasteiger partial charge in [0.2, 0.25) is 0 Å². The standard InChI is InChI=1S/C12H15N.ClH/c1-2-4-12-9(3-1)7-11-8-10(12)5-6-13-11;/h1-4,10-11,13H,5-8H2;1H. The third-order valence-corrected chi connectivity index (χ3v) is 3.46. The molecule has 2 heteroatoms. The smallest absolute Gasteiger partial charge is 0.0113 e. The van der Waals surface area contributed by atoms with Gasteiger partial charge in [0, 0.05) is 6.04 Å². The Morgan fingerprint density at radius 3 is 3.00 bits per heavy atom. The molecule has 1 aliphatic heterocycles. The molecular formula is C12H16ClN. The van der Waals surface area contributed by atoms with Gasteiger partial charge in [-0.1, -0.05) is 24.3 Å². The summed E-state index contributed by atoms with van der Waals surface area (Å²) in [7, 11) is 0. The van der Waals surface area contributed by atoms with Gasteiger partial charge in [0.1, 0.15) is 0 Å². The van der Waals surface area contributed by atoms with E-state index in [1.54, 1.807) is 11.1 Å². The quantitative estimate of drug-likeness (QED) is 0.693. The van der Waals surface area contributed by atoms with Gasteiger partial charge < -0.3 is 5.32 Å². The highest BCUT2D eigenvalue weighted by molar-refractivity contribution is 5.85.